The summed E-state index contributed by atoms with van der Waals surface area (Å²) in [4.78, 5) is 6.10. The molecule has 0 spiro atoms. The van der Waals surface area contributed by atoms with Gasteiger partial charge >= 0.3 is 0 Å². The normalized spacial score (nSPS) is 11.1. The maximum atomic E-state index is 4.88. The smallest absolute Gasteiger partial charge is 0.138 e. The number of benzene rings is 2. The van der Waals surface area contributed by atoms with Crippen molar-refractivity contribution in [1.82, 2.24) is 9.38 Å². The van der Waals surface area contributed by atoms with Crippen LogP contribution in [0.2, 0.25) is 0 Å². The van der Waals surface area contributed by atoms with E-state index in [9.17, 15) is 0 Å². The van der Waals surface area contributed by atoms with Gasteiger partial charge in [0.15, 0.2) is 0 Å². The van der Waals surface area contributed by atoms with Gasteiger partial charge in [0.2, 0.25) is 0 Å². The van der Waals surface area contributed by atoms with Crippen molar-refractivity contribution in [1.29, 1.82) is 0 Å². The first-order valence-corrected chi connectivity index (χ1v) is 8.81. The predicted molar refractivity (Wildman–Crippen MR) is 101 cm³/mol. The second-order valence-electron chi connectivity index (χ2n) is 5.98. The summed E-state index contributed by atoms with van der Waals surface area (Å²) >= 11 is 1.76. The molecule has 4 aromatic rings. The zero-order valence-electron chi connectivity index (χ0n) is 13.7. The maximum Gasteiger partial charge on any atom is 0.138 e. The zero-order chi connectivity index (χ0) is 16.5. The summed E-state index contributed by atoms with van der Waals surface area (Å²) in [5.74, 6) is 0. The van der Waals surface area contributed by atoms with E-state index in [2.05, 4.69) is 85.1 Å². The highest BCUT2D eigenvalue weighted by atomic mass is 32.2. The van der Waals surface area contributed by atoms with Gasteiger partial charge in [-0.2, -0.15) is 0 Å². The standard InChI is InChI=1S/C21H18N2S/c1-15-8-11-18(12-9-15)24-21-20(17-6-4-3-5-7-17)22-19-13-10-16(2)14-23(19)21/h3-14H,1-2H3. The van der Waals surface area contributed by atoms with Gasteiger partial charge in [0.25, 0.3) is 0 Å². The predicted octanol–water partition coefficient (Wildman–Crippen LogP) is 5.77. The third-order valence-electron chi connectivity index (χ3n) is 4.01. The molecule has 118 valence electrons. The largest absolute Gasteiger partial charge is 0.294 e. The van der Waals surface area contributed by atoms with Gasteiger partial charge in [0.1, 0.15) is 16.4 Å². The molecular formula is C21H18N2S. The van der Waals surface area contributed by atoms with E-state index in [0.717, 1.165) is 21.9 Å². The molecule has 0 unspecified atom stereocenters. The van der Waals surface area contributed by atoms with Crippen molar-refractivity contribution in [3.63, 3.8) is 0 Å². The molecule has 0 aliphatic rings. The van der Waals surface area contributed by atoms with Gasteiger partial charge in [-0.3, -0.25) is 4.40 Å². The van der Waals surface area contributed by atoms with E-state index >= 15 is 0 Å². The number of aryl methyl sites for hydroxylation is 2. The van der Waals surface area contributed by atoms with Crippen molar-refractivity contribution in [3.8, 4) is 11.3 Å². The first-order valence-electron chi connectivity index (χ1n) is 7.99. The molecule has 0 bridgehead atoms. The van der Waals surface area contributed by atoms with E-state index in [1.807, 2.05) is 6.07 Å². The SMILES string of the molecule is Cc1ccc(Sc2c(-c3ccccc3)nc3ccc(C)cn23)cc1. The fraction of sp³-hybridized carbons (Fsp3) is 0.0952. The van der Waals surface area contributed by atoms with Crippen LogP contribution in [0.4, 0.5) is 0 Å². The number of rotatable bonds is 3. The van der Waals surface area contributed by atoms with Gasteiger partial charge in [-0.05, 0) is 37.6 Å². The Morgan fingerprint density at radius 2 is 1.50 bits per heavy atom. The molecule has 2 aromatic heterocycles. The Morgan fingerprint density at radius 3 is 2.25 bits per heavy atom. The van der Waals surface area contributed by atoms with Crippen molar-refractivity contribution >= 4 is 17.4 Å². The molecular weight excluding hydrogens is 312 g/mol. The fourth-order valence-corrected chi connectivity index (χ4v) is 3.73. The molecule has 2 heterocycles. The number of hydrogen-bond donors (Lipinski definition) is 0. The summed E-state index contributed by atoms with van der Waals surface area (Å²) in [6.45, 7) is 4.23. The van der Waals surface area contributed by atoms with Gasteiger partial charge in [-0.15, -0.1) is 0 Å². The molecule has 24 heavy (non-hydrogen) atoms. The first kappa shape index (κ1) is 15.0. The Balaban J connectivity index is 1.90. The van der Waals surface area contributed by atoms with E-state index in [4.69, 9.17) is 4.98 Å². The molecule has 0 radical (unpaired) electrons. The number of fused-ring (bicyclic) bond motifs is 1. The van der Waals surface area contributed by atoms with Gasteiger partial charge < -0.3 is 0 Å². The van der Waals surface area contributed by atoms with Gasteiger partial charge in [-0.25, -0.2) is 4.98 Å². The molecule has 0 amide bonds. The molecule has 0 N–H and O–H groups in total. The zero-order valence-corrected chi connectivity index (χ0v) is 14.5. The van der Waals surface area contributed by atoms with E-state index in [1.165, 1.54) is 16.0 Å². The Morgan fingerprint density at radius 1 is 0.792 bits per heavy atom. The van der Waals surface area contributed by atoms with Crippen molar-refractivity contribution < 1.29 is 0 Å². The van der Waals surface area contributed by atoms with E-state index in [-0.39, 0.29) is 0 Å². The highest BCUT2D eigenvalue weighted by molar-refractivity contribution is 7.99. The highest BCUT2D eigenvalue weighted by Gasteiger charge is 2.15. The summed E-state index contributed by atoms with van der Waals surface area (Å²) in [7, 11) is 0. The van der Waals surface area contributed by atoms with Crippen LogP contribution in [0.3, 0.4) is 0 Å². The second kappa shape index (κ2) is 6.17. The summed E-state index contributed by atoms with van der Waals surface area (Å²) < 4.78 is 2.20. The minimum atomic E-state index is 0.981. The number of hydrogen-bond acceptors (Lipinski definition) is 2. The van der Waals surface area contributed by atoms with Gasteiger partial charge in [0, 0.05) is 16.7 Å². The lowest BCUT2D eigenvalue weighted by atomic mass is 10.2. The minimum Gasteiger partial charge on any atom is -0.294 e. The molecule has 0 saturated heterocycles. The fourth-order valence-electron chi connectivity index (χ4n) is 2.73. The van der Waals surface area contributed by atoms with Crippen LogP contribution in [0.25, 0.3) is 16.9 Å². The summed E-state index contributed by atoms with van der Waals surface area (Å²) in [6.07, 6.45) is 2.16. The van der Waals surface area contributed by atoms with Crippen molar-refractivity contribution in [2.45, 2.75) is 23.8 Å². The number of pyridine rings is 1. The third-order valence-corrected chi connectivity index (χ3v) is 5.10. The van der Waals surface area contributed by atoms with Crippen molar-refractivity contribution in [2.24, 2.45) is 0 Å². The molecule has 2 aromatic carbocycles. The van der Waals surface area contributed by atoms with Gasteiger partial charge in [-0.1, -0.05) is 65.9 Å². The summed E-state index contributed by atoms with van der Waals surface area (Å²) in [5.41, 5.74) is 5.66. The van der Waals surface area contributed by atoms with Crippen LogP contribution >= 0.6 is 11.8 Å². The third kappa shape index (κ3) is 2.83. The average molecular weight is 330 g/mol. The lowest BCUT2D eigenvalue weighted by molar-refractivity contribution is 1.04. The Kier molecular flexibility index (Phi) is 3.87. The van der Waals surface area contributed by atoms with Crippen LogP contribution in [0.1, 0.15) is 11.1 Å². The van der Waals surface area contributed by atoms with Gasteiger partial charge in [0.05, 0.1) is 0 Å². The minimum absolute atomic E-state index is 0.981. The van der Waals surface area contributed by atoms with Crippen LogP contribution in [-0.2, 0) is 0 Å². The molecule has 0 atom stereocenters. The van der Waals surface area contributed by atoms with Crippen LogP contribution in [0.15, 0.2) is 82.8 Å². The average Bonchev–Trinajstić information content (AvgIpc) is 2.95. The maximum absolute atomic E-state index is 4.88. The highest BCUT2D eigenvalue weighted by Crippen LogP contribution is 2.36. The molecule has 2 nitrogen and oxygen atoms in total. The first-order chi connectivity index (χ1) is 11.7. The van der Waals surface area contributed by atoms with E-state index in [0.29, 0.717) is 0 Å². The van der Waals surface area contributed by atoms with Crippen LogP contribution < -0.4 is 0 Å². The van der Waals surface area contributed by atoms with Crippen molar-refractivity contribution in [2.75, 3.05) is 0 Å². The van der Waals surface area contributed by atoms with Crippen LogP contribution in [-0.4, -0.2) is 9.38 Å². The molecule has 0 aliphatic heterocycles. The lowest BCUT2D eigenvalue weighted by Gasteiger charge is -2.06. The Labute approximate surface area is 146 Å². The molecule has 0 fully saturated rings. The number of imidazole rings is 1. The van der Waals surface area contributed by atoms with E-state index in [1.54, 1.807) is 11.8 Å². The lowest BCUT2D eigenvalue weighted by Crippen LogP contribution is -1.89. The number of aromatic nitrogens is 2. The summed E-state index contributed by atoms with van der Waals surface area (Å²) in [6, 6.07) is 23.2. The molecule has 0 saturated carbocycles. The topological polar surface area (TPSA) is 17.3 Å². The van der Waals surface area contributed by atoms with E-state index < -0.39 is 0 Å². The monoisotopic (exact) mass is 330 g/mol. The summed E-state index contributed by atoms with van der Waals surface area (Å²) in [5, 5.41) is 1.16. The van der Waals surface area contributed by atoms with Crippen molar-refractivity contribution in [3.05, 3.63) is 84.1 Å². The number of nitrogens with zero attached hydrogens (tertiary/aromatic N) is 2. The molecule has 4 rings (SSSR count). The quantitative estimate of drug-likeness (QED) is 0.474. The van der Waals surface area contributed by atoms with Crippen LogP contribution in [0, 0.1) is 13.8 Å². The second-order valence-corrected chi connectivity index (χ2v) is 7.04. The Bertz CT molecular complexity index is 986. The van der Waals surface area contributed by atoms with Crippen LogP contribution in [0.5, 0.6) is 0 Å². The molecule has 3 heteroatoms. The Hall–Kier alpha value is -2.52. The molecule has 0 aliphatic carbocycles.